The second-order valence-corrected chi connectivity index (χ2v) is 7.43. The van der Waals surface area contributed by atoms with Crippen LogP contribution in [0, 0.1) is 12.8 Å². The molecule has 25 heavy (non-hydrogen) atoms. The van der Waals surface area contributed by atoms with Crippen LogP contribution < -0.4 is 10.6 Å². The van der Waals surface area contributed by atoms with Crippen LogP contribution in [0.1, 0.15) is 44.7 Å². The lowest BCUT2D eigenvalue weighted by atomic mass is 10.0. The van der Waals surface area contributed by atoms with Gasteiger partial charge in [-0.15, -0.1) is 0 Å². The van der Waals surface area contributed by atoms with E-state index < -0.39 is 0 Å². The third kappa shape index (κ3) is 7.02. The number of aliphatic imine (C=N–C) groups is 1. The molecule has 1 fully saturated rings. The van der Waals surface area contributed by atoms with Crippen molar-refractivity contribution in [2.75, 3.05) is 32.7 Å². The molecule has 0 atom stereocenters. The number of rotatable bonds is 7. The first-order valence-electron chi connectivity index (χ1n) is 9.75. The van der Waals surface area contributed by atoms with Crippen molar-refractivity contribution in [1.29, 1.82) is 0 Å². The minimum atomic E-state index is 0.531. The van der Waals surface area contributed by atoms with E-state index in [4.69, 9.17) is 4.99 Å². The number of nitrogens with one attached hydrogen (secondary N) is 2. The molecule has 0 saturated carbocycles. The fraction of sp³-hybridized carbons (Fsp3) is 0.700. The number of aromatic nitrogens is 1. The van der Waals surface area contributed by atoms with Crippen LogP contribution in [0.3, 0.4) is 0 Å². The molecule has 1 aliphatic rings. The van der Waals surface area contributed by atoms with Crippen molar-refractivity contribution in [2.45, 2.75) is 53.0 Å². The lowest BCUT2D eigenvalue weighted by molar-refractivity contribution is 0.187. The molecule has 0 aliphatic carbocycles. The minimum absolute atomic E-state index is 0.531. The summed E-state index contributed by atoms with van der Waals surface area (Å²) < 4.78 is 0. The van der Waals surface area contributed by atoms with E-state index in [2.05, 4.69) is 54.3 Å². The zero-order valence-electron chi connectivity index (χ0n) is 16.4. The van der Waals surface area contributed by atoms with Crippen molar-refractivity contribution in [3.63, 3.8) is 0 Å². The molecule has 0 unspecified atom stereocenters. The van der Waals surface area contributed by atoms with Crippen LogP contribution in [0.25, 0.3) is 0 Å². The number of nitrogens with zero attached hydrogens (tertiary/aromatic N) is 3. The third-order valence-electron chi connectivity index (χ3n) is 4.68. The average molecular weight is 346 g/mol. The van der Waals surface area contributed by atoms with E-state index in [0.29, 0.717) is 6.04 Å². The van der Waals surface area contributed by atoms with Crippen LogP contribution in [0.15, 0.2) is 23.5 Å². The molecule has 0 amide bonds. The van der Waals surface area contributed by atoms with E-state index >= 15 is 0 Å². The molecule has 0 aromatic carbocycles. The summed E-state index contributed by atoms with van der Waals surface area (Å²) in [7, 11) is 0. The van der Waals surface area contributed by atoms with Gasteiger partial charge >= 0.3 is 0 Å². The maximum Gasteiger partial charge on any atom is 0.191 e. The van der Waals surface area contributed by atoms with E-state index in [1.54, 1.807) is 0 Å². The molecule has 5 heteroatoms. The lowest BCUT2D eigenvalue weighted by Gasteiger charge is -2.34. The first kappa shape index (κ1) is 19.7. The number of guanidine groups is 1. The SMILES string of the molecule is CCNC(=NCCc1ccncc1C)NC1CCN(CC(C)C)CC1. The first-order chi connectivity index (χ1) is 12.1. The van der Waals surface area contributed by atoms with Gasteiger partial charge in [-0.25, -0.2) is 0 Å². The standard InChI is InChI=1S/C20H35N5/c1-5-22-20(23-11-7-18-6-10-21-14-17(18)4)24-19-8-12-25(13-9-19)15-16(2)3/h6,10,14,16,19H,5,7-9,11-13,15H2,1-4H3,(H2,22,23,24). The molecule has 0 radical (unpaired) electrons. The van der Waals surface area contributed by atoms with Gasteiger partial charge in [-0.05, 0) is 56.2 Å². The predicted molar refractivity (Wildman–Crippen MR) is 106 cm³/mol. The van der Waals surface area contributed by atoms with Gasteiger partial charge in [0.2, 0.25) is 0 Å². The molecule has 2 N–H and O–H groups in total. The van der Waals surface area contributed by atoms with Crippen molar-refractivity contribution in [3.8, 4) is 0 Å². The molecule has 1 aliphatic heterocycles. The van der Waals surface area contributed by atoms with Gasteiger partial charge in [-0.1, -0.05) is 13.8 Å². The fourth-order valence-electron chi connectivity index (χ4n) is 3.36. The Balaban J connectivity index is 1.81. The maximum atomic E-state index is 4.77. The van der Waals surface area contributed by atoms with Crippen molar-refractivity contribution in [1.82, 2.24) is 20.5 Å². The van der Waals surface area contributed by atoms with Crippen LogP contribution in [0.4, 0.5) is 0 Å². The Morgan fingerprint density at radius 3 is 2.76 bits per heavy atom. The summed E-state index contributed by atoms with van der Waals surface area (Å²) in [5.41, 5.74) is 2.57. The van der Waals surface area contributed by atoms with E-state index in [-0.39, 0.29) is 0 Å². The highest BCUT2D eigenvalue weighted by Gasteiger charge is 2.20. The van der Waals surface area contributed by atoms with E-state index in [0.717, 1.165) is 31.4 Å². The highest BCUT2D eigenvalue weighted by atomic mass is 15.2. The fourth-order valence-corrected chi connectivity index (χ4v) is 3.36. The number of likely N-dealkylation sites (tertiary alicyclic amines) is 1. The van der Waals surface area contributed by atoms with Gasteiger partial charge in [0.25, 0.3) is 0 Å². The molecule has 1 aromatic heterocycles. The normalized spacial score (nSPS) is 17.1. The van der Waals surface area contributed by atoms with Gasteiger partial charge in [0, 0.05) is 51.2 Å². The number of hydrogen-bond donors (Lipinski definition) is 2. The second-order valence-electron chi connectivity index (χ2n) is 7.43. The smallest absolute Gasteiger partial charge is 0.191 e. The third-order valence-corrected chi connectivity index (χ3v) is 4.68. The molecular formula is C20H35N5. The molecule has 140 valence electrons. The molecule has 2 heterocycles. The molecular weight excluding hydrogens is 310 g/mol. The quantitative estimate of drug-likeness (QED) is 0.589. The molecule has 5 nitrogen and oxygen atoms in total. The van der Waals surface area contributed by atoms with Crippen LogP contribution in [-0.4, -0.2) is 54.6 Å². The van der Waals surface area contributed by atoms with E-state index in [1.807, 2.05) is 12.4 Å². The van der Waals surface area contributed by atoms with Gasteiger partial charge in [0.15, 0.2) is 5.96 Å². The van der Waals surface area contributed by atoms with Gasteiger partial charge in [0.05, 0.1) is 0 Å². The summed E-state index contributed by atoms with van der Waals surface area (Å²) in [5.74, 6) is 1.71. The Morgan fingerprint density at radius 2 is 2.12 bits per heavy atom. The van der Waals surface area contributed by atoms with Crippen molar-refractivity contribution in [3.05, 3.63) is 29.6 Å². The van der Waals surface area contributed by atoms with Gasteiger partial charge < -0.3 is 15.5 Å². The highest BCUT2D eigenvalue weighted by Crippen LogP contribution is 2.12. The Kier molecular flexibility index (Phi) is 8.19. The van der Waals surface area contributed by atoms with Crippen LogP contribution >= 0.6 is 0 Å². The number of hydrogen-bond acceptors (Lipinski definition) is 3. The summed E-state index contributed by atoms with van der Waals surface area (Å²) in [4.78, 5) is 11.5. The lowest BCUT2D eigenvalue weighted by Crippen LogP contribution is -2.49. The molecule has 1 saturated heterocycles. The molecule has 0 spiro atoms. The zero-order valence-corrected chi connectivity index (χ0v) is 16.4. The first-order valence-corrected chi connectivity index (χ1v) is 9.75. The number of pyridine rings is 1. The van der Waals surface area contributed by atoms with Crippen molar-refractivity contribution >= 4 is 5.96 Å². The number of piperidine rings is 1. The minimum Gasteiger partial charge on any atom is -0.357 e. The highest BCUT2D eigenvalue weighted by molar-refractivity contribution is 5.80. The summed E-state index contributed by atoms with van der Waals surface area (Å²) >= 11 is 0. The summed E-state index contributed by atoms with van der Waals surface area (Å²) in [6.45, 7) is 14.1. The Labute approximate surface area is 153 Å². The number of aryl methyl sites for hydroxylation is 1. The van der Waals surface area contributed by atoms with Gasteiger partial charge in [-0.3, -0.25) is 9.98 Å². The van der Waals surface area contributed by atoms with Crippen molar-refractivity contribution < 1.29 is 0 Å². The Hall–Kier alpha value is -1.62. The average Bonchev–Trinajstić information content (AvgIpc) is 2.58. The summed E-state index contributed by atoms with van der Waals surface area (Å²) in [6.07, 6.45) is 7.13. The van der Waals surface area contributed by atoms with Gasteiger partial charge in [-0.2, -0.15) is 0 Å². The van der Waals surface area contributed by atoms with E-state index in [9.17, 15) is 0 Å². The molecule has 2 rings (SSSR count). The summed E-state index contributed by atoms with van der Waals surface area (Å²) in [5, 5.41) is 7.02. The van der Waals surface area contributed by atoms with Crippen LogP contribution in [-0.2, 0) is 6.42 Å². The predicted octanol–water partition coefficient (Wildman–Crippen LogP) is 2.61. The zero-order chi connectivity index (χ0) is 18.1. The Morgan fingerprint density at radius 1 is 1.36 bits per heavy atom. The van der Waals surface area contributed by atoms with Crippen LogP contribution in [0.5, 0.6) is 0 Å². The largest absolute Gasteiger partial charge is 0.357 e. The topological polar surface area (TPSA) is 52.6 Å². The second kappa shape index (κ2) is 10.4. The maximum absolute atomic E-state index is 4.77. The summed E-state index contributed by atoms with van der Waals surface area (Å²) in [6, 6.07) is 2.62. The molecule has 1 aromatic rings. The van der Waals surface area contributed by atoms with Crippen molar-refractivity contribution in [2.24, 2.45) is 10.9 Å². The van der Waals surface area contributed by atoms with E-state index in [1.165, 1.54) is 43.6 Å². The molecule has 0 bridgehead atoms. The Bertz CT molecular complexity index is 533. The monoisotopic (exact) mass is 345 g/mol. The van der Waals surface area contributed by atoms with Crippen LogP contribution in [0.2, 0.25) is 0 Å². The van der Waals surface area contributed by atoms with Gasteiger partial charge in [0.1, 0.15) is 0 Å².